The molecule has 5 rings (SSSR count). The third-order valence-corrected chi connectivity index (χ3v) is 6.15. The van der Waals surface area contributed by atoms with Crippen LogP contribution < -0.4 is 4.74 Å². The van der Waals surface area contributed by atoms with Crippen molar-refractivity contribution >= 4 is 5.97 Å². The summed E-state index contributed by atoms with van der Waals surface area (Å²) in [4.78, 5) is 11.4. The normalized spacial score (nSPS) is 36.8. The molecule has 25 heavy (non-hydrogen) atoms. The Labute approximate surface area is 146 Å². The van der Waals surface area contributed by atoms with Gasteiger partial charge in [0.2, 0.25) is 0 Å². The Morgan fingerprint density at radius 1 is 1.36 bits per heavy atom. The Hall–Kier alpha value is -2.05. The van der Waals surface area contributed by atoms with Gasteiger partial charge in [0.1, 0.15) is 12.2 Å². The predicted octanol–water partition coefficient (Wildman–Crippen LogP) is 1.29. The number of likely N-dealkylation sites (N-methyl/N-ethyl adjacent to an activating group) is 1. The van der Waals surface area contributed by atoms with Gasteiger partial charge < -0.3 is 25.0 Å². The molecule has 2 aliphatic heterocycles. The van der Waals surface area contributed by atoms with Gasteiger partial charge in [-0.25, -0.2) is 0 Å². The number of piperidine rings is 1. The van der Waals surface area contributed by atoms with E-state index in [1.807, 2.05) is 12.1 Å². The largest absolute Gasteiger partial charge is 0.504 e. The monoisotopic (exact) mass is 345 g/mol. The van der Waals surface area contributed by atoms with Crippen LogP contribution in [-0.2, 0) is 16.6 Å². The maximum Gasteiger partial charge on any atom is 0.300 e. The molecular formula is C19H23NO5. The Balaban J connectivity index is 0.000000358. The number of aliphatic hydroxyl groups is 1. The smallest absolute Gasteiger partial charge is 0.300 e. The molecule has 1 saturated heterocycles. The highest BCUT2D eigenvalue weighted by atomic mass is 16.5. The highest BCUT2D eigenvalue weighted by Crippen LogP contribution is 2.62. The Bertz CT molecular complexity index is 756. The van der Waals surface area contributed by atoms with E-state index in [4.69, 9.17) is 14.6 Å². The average molecular weight is 345 g/mol. The number of benzene rings is 1. The molecule has 1 aromatic rings. The maximum atomic E-state index is 10.4. The minimum absolute atomic E-state index is 0.160. The lowest BCUT2D eigenvalue weighted by atomic mass is 9.53. The molecule has 1 spiro atoms. The van der Waals surface area contributed by atoms with Gasteiger partial charge in [-0.15, -0.1) is 0 Å². The second kappa shape index (κ2) is 5.47. The summed E-state index contributed by atoms with van der Waals surface area (Å²) in [6.07, 6.45) is 5.18. The van der Waals surface area contributed by atoms with Crippen LogP contribution in [0.4, 0.5) is 0 Å². The van der Waals surface area contributed by atoms with E-state index in [0.29, 0.717) is 17.7 Å². The van der Waals surface area contributed by atoms with Gasteiger partial charge in [-0.2, -0.15) is 0 Å². The molecule has 2 bridgehead atoms. The van der Waals surface area contributed by atoms with Crippen LogP contribution in [0.3, 0.4) is 0 Å². The van der Waals surface area contributed by atoms with Crippen LogP contribution in [0.5, 0.6) is 11.5 Å². The Morgan fingerprint density at radius 2 is 2.08 bits per heavy atom. The van der Waals surface area contributed by atoms with Crippen molar-refractivity contribution in [3.05, 3.63) is 35.4 Å². The summed E-state index contributed by atoms with van der Waals surface area (Å²) in [7, 11) is 2.19. The van der Waals surface area contributed by atoms with Crippen LogP contribution in [0.2, 0.25) is 0 Å². The number of rotatable bonds is 0. The molecule has 5 atom stereocenters. The summed E-state index contributed by atoms with van der Waals surface area (Å²) in [6, 6.07) is 4.23. The molecule has 1 aromatic carbocycles. The summed E-state index contributed by atoms with van der Waals surface area (Å²) in [5.41, 5.74) is 2.29. The van der Waals surface area contributed by atoms with Gasteiger partial charge in [0.15, 0.2) is 11.5 Å². The minimum Gasteiger partial charge on any atom is -0.504 e. The number of aromatic hydroxyl groups is 1. The summed E-state index contributed by atoms with van der Waals surface area (Å²) in [6.45, 7) is 2.09. The quantitative estimate of drug-likeness (QED) is 0.614. The van der Waals surface area contributed by atoms with Crippen molar-refractivity contribution in [1.29, 1.82) is 0 Å². The van der Waals surface area contributed by atoms with Crippen molar-refractivity contribution in [2.75, 3.05) is 13.6 Å². The number of aliphatic hydroxyl groups excluding tert-OH is 1. The van der Waals surface area contributed by atoms with Crippen LogP contribution in [0.25, 0.3) is 0 Å². The van der Waals surface area contributed by atoms with Crippen molar-refractivity contribution in [2.45, 2.75) is 43.4 Å². The zero-order valence-corrected chi connectivity index (χ0v) is 14.3. The predicted molar refractivity (Wildman–Crippen MR) is 90.9 cm³/mol. The van der Waals surface area contributed by atoms with E-state index in [1.165, 1.54) is 11.1 Å². The number of carboxylic acid groups (broad SMARTS) is 1. The third kappa shape index (κ3) is 2.14. The van der Waals surface area contributed by atoms with Crippen LogP contribution in [0.15, 0.2) is 24.3 Å². The van der Waals surface area contributed by atoms with Crippen LogP contribution in [0.1, 0.15) is 24.5 Å². The first kappa shape index (κ1) is 16.4. The molecule has 0 amide bonds. The molecule has 0 saturated carbocycles. The van der Waals surface area contributed by atoms with Gasteiger partial charge in [0, 0.05) is 29.9 Å². The zero-order valence-electron chi connectivity index (χ0n) is 14.3. The second-order valence-corrected chi connectivity index (χ2v) is 7.45. The van der Waals surface area contributed by atoms with Gasteiger partial charge >= 0.3 is 0 Å². The highest BCUT2D eigenvalue weighted by Gasteiger charge is 2.64. The van der Waals surface area contributed by atoms with E-state index < -0.39 is 12.1 Å². The Morgan fingerprint density at radius 3 is 2.80 bits per heavy atom. The first-order valence-corrected chi connectivity index (χ1v) is 8.64. The van der Waals surface area contributed by atoms with E-state index in [-0.39, 0.29) is 17.3 Å². The summed E-state index contributed by atoms with van der Waals surface area (Å²) in [5.74, 6) is 0.356. The number of carbonyl (C=O) groups is 1. The lowest BCUT2D eigenvalue weighted by Crippen LogP contribution is -2.64. The van der Waals surface area contributed by atoms with Gasteiger partial charge in [-0.05, 0) is 38.1 Å². The summed E-state index contributed by atoms with van der Waals surface area (Å²) < 4.78 is 6.09. The van der Waals surface area contributed by atoms with E-state index in [2.05, 4.69) is 18.0 Å². The van der Waals surface area contributed by atoms with Crippen molar-refractivity contribution in [1.82, 2.24) is 4.90 Å². The first-order valence-electron chi connectivity index (χ1n) is 8.64. The molecule has 134 valence electrons. The van der Waals surface area contributed by atoms with Crippen molar-refractivity contribution in [3.63, 3.8) is 0 Å². The highest BCUT2D eigenvalue weighted by molar-refractivity contribution is 5.63. The van der Waals surface area contributed by atoms with Gasteiger partial charge in [0.25, 0.3) is 5.97 Å². The molecule has 0 unspecified atom stereocenters. The molecule has 2 heterocycles. The topological polar surface area (TPSA) is 90.2 Å². The molecular weight excluding hydrogens is 322 g/mol. The lowest BCUT2D eigenvalue weighted by Gasteiger charge is -2.56. The van der Waals surface area contributed by atoms with Crippen LogP contribution in [0, 0.1) is 5.92 Å². The van der Waals surface area contributed by atoms with Crippen LogP contribution in [-0.4, -0.2) is 58.0 Å². The second-order valence-electron chi connectivity index (χ2n) is 7.45. The fourth-order valence-electron chi connectivity index (χ4n) is 5.24. The van der Waals surface area contributed by atoms with Crippen molar-refractivity contribution in [3.8, 4) is 11.5 Å². The molecule has 0 radical (unpaired) electrons. The number of carboxylic acids is 1. The number of phenols is 1. The van der Waals surface area contributed by atoms with E-state index in [0.717, 1.165) is 26.3 Å². The van der Waals surface area contributed by atoms with Gasteiger partial charge in [-0.3, -0.25) is 4.79 Å². The number of ether oxygens (including phenoxy) is 1. The molecule has 4 aliphatic rings. The van der Waals surface area contributed by atoms with Gasteiger partial charge in [0.05, 0.1) is 0 Å². The maximum absolute atomic E-state index is 10.4. The molecule has 6 nitrogen and oxygen atoms in total. The first-order chi connectivity index (χ1) is 11.9. The van der Waals surface area contributed by atoms with Crippen LogP contribution >= 0.6 is 0 Å². The average Bonchev–Trinajstić information content (AvgIpc) is 2.90. The fraction of sp³-hybridized carbons (Fsp3) is 0.526. The molecule has 0 aromatic heterocycles. The summed E-state index contributed by atoms with van der Waals surface area (Å²) >= 11 is 0. The van der Waals surface area contributed by atoms with E-state index in [1.54, 1.807) is 6.07 Å². The zero-order chi connectivity index (χ0) is 17.9. The number of aliphatic carboxylic acids is 1. The van der Waals surface area contributed by atoms with Gasteiger partial charge in [-0.1, -0.05) is 18.2 Å². The van der Waals surface area contributed by atoms with Crippen molar-refractivity contribution < 1.29 is 24.9 Å². The number of nitrogens with zero attached hydrogens (tertiary/aromatic N) is 1. The lowest BCUT2D eigenvalue weighted by molar-refractivity contribution is -0.134. The third-order valence-electron chi connectivity index (χ3n) is 6.15. The molecule has 2 aliphatic carbocycles. The molecule has 1 fully saturated rings. The van der Waals surface area contributed by atoms with E-state index in [9.17, 15) is 10.2 Å². The number of hydrogen-bond acceptors (Lipinski definition) is 5. The number of phenolic OH excluding ortho intramolecular Hbond substituents is 1. The molecule has 3 N–H and O–H groups in total. The minimum atomic E-state index is -0.833. The van der Waals surface area contributed by atoms with Crippen molar-refractivity contribution in [2.24, 2.45) is 5.92 Å². The molecule has 6 heteroatoms. The standard InChI is InChI=1S/C17H19NO3.C2H4O2/c1-18-7-6-17-10-3-5-13(20)16(17)21-15-12(19)4-2-9(14(15)17)8-11(10)18;1-2(3)4/h2-5,10-11,13,16,19-20H,6-8H2,1H3;1H3,(H,3,4)/t10-,11+,13+,16-,17-;/m0./s1. The SMILES string of the molecule is CC(=O)O.CN1CC[C@]23c4c5ccc(O)c4O[C@H]2[C@H](O)C=C[C@H]3[C@H]1C5. The summed E-state index contributed by atoms with van der Waals surface area (Å²) in [5, 5.41) is 28.1. The number of likely N-dealkylation sites (tertiary alicyclic amines) is 1. The number of hydrogen-bond donors (Lipinski definition) is 3. The Kier molecular flexibility index (Phi) is 3.60. The van der Waals surface area contributed by atoms with E-state index >= 15 is 0 Å². The fourth-order valence-corrected chi connectivity index (χ4v) is 5.24.